The number of piperazine rings is 1. The van der Waals surface area contributed by atoms with Crippen LogP contribution < -0.4 is 10.2 Å². The van der Waals surface area contributed by atoms with Gasteiger partial charge in [0.05, 0.1) is 16.7 Å². The second-order valence-corrected chi connectivity index (χ2v) is 11.0. The second kappa shape index (κ2) is 10.1. The van der Waals surface area contributed by atoms with E-state index in [1.807, 2.05) is 50.3 Å². The molecule has 0 atom stereocenters. The number of nitrogens with zero attached hydrogens (tertiary/aromatic N) is 7. The van der Waals surface area contributed by atoms with Gasteiger partial charge in [-0.1, -0.05) is 6.07 Å². The molecule has 9 nitrogen and oxygen atoms in total. The fraction of sp³-hybridized carbons (Fsp3) is 0.429. The number of nitrogens with one attached hydrogen (secondary N) is 2. The first-order valence-electron chi connectivity index (χ1n) is 12.9. The van der Waals surface area contributed by atoms with Crippen molar-refractivity contribution in [3.63, 3.8) is 0 Å². The van der Waals surface area contributed by atoms with E-state index < -0.39 is 0 Å². The first-order chi connectivity index (χ1) is 17.6. The molecule has 0 saturated carbocycles. The Kier molecular flexibility index (Phi) is 6.83. The highest BCUT2D eigenvalue weighted by molar-refractivity contribution is 5.83. The molecule has 0 radical (unpaired) electrons. The Morgan fingerprint density at radius 3 is 2.49 bits per heavy atom. The third-order valence-electron chi connectivity index (χ3n) is 6.86. The summed E-state index contributed by atoms with van der Waals surface area (Å²) in [6.45, 7) is 14.1. The maximum atomic E-state index is 4.72. The van der Waals surface area contributed by atoms with Crippen LogP contribution in [0.5, 0.6) is 0 Å². The molecule has 4 aromatic rings. The number of pyridine rings is 1. The summed E-state index contributed by atoms with van der Waals surface area (Å²) in [5.41, 5.74) is 5.21. The van der Waals surface area contributed by atoms with Crippen LogP contribution >= 0.6 is 0 Å². The molecule has 194 valence electrons. The van der Waals surface area contributed by atoms with Crippen molar-refractivity contribution in [1.29, 1.82) is 0 Å². The van der Waals surface area contributed by atoms with Gasteiger partial charge in [-0.2, -0.15) is 0 Å². The number of benzene rings is 1. The number of aromatic nitrogens is 5. The van der Waals surface area contributed by atoms with E-state index in [-0.39, 0.29) is 5.54 Å². The van der Waals surface area contributed by atoms with E-state index in [1.54, 1.807) is 0 Å². The van der Waals surface area contributed by atoms with Gasteiger partial charge in [-0.05, 0) is 57.5 Å². The van der Waals surface area contributed by atoms with Crippen molar-refractivity contribution in [2.24, 2.45) is 0 Å². The Morgan fingerprint density at radius 1 is 0.973 bits per heavy atom. The molecule has 9 heteroatoms. The average molecular weight is 500 g/mol. The average Bonchev–Trinajstić information content (AvgIpc) is 3.25. The van der Waals surface area contributed by atoms with Gasteiger partial charge in [0.2, 0.25) is 5.95 Å². The molecule has 1 aliphatic heterocycles. The SMILES string of the molecule is Cc1nc(-c2ccc3nc(Nc4cc(CN5CCN(C(C)(C)C)CC5)ccn4)[nH]c3c2)cc(N(C)C)n1. The van der Waals surface area contributed by atoms with E-state index in [4.69, 9.17) is 4.98 Å². The van der Waals surface area contributed by atoms with Gasteiger partial charge in [-0.15, -0.1) is 0 Å². The first-order valence-corrected chi connectivity index (χ1v) is 12.9. The van der Waals surface area contributed by atoms with Crippen molar-refractivity contribution in [1.82, 2.24) is 34.7 Å². The molecule has 1 saturated heterocycles. The quantitative estimate of drug-likeness (QED) is 0.402. The van der Waals surface area contributed by atoms with Gasteiger partial charge >= 0.3 is 0 Å². The smallest absolute Gasteiger partial charge is 0.206 e. The summed E-state index contributed by atoms with van der Waals surface area (Å²) in [7, 11) is 3.97. The molecule has 3 aromatic heterocycles. The topological polar surface area (TPSA) is 89.1 Å². The normalized spacial score (nSPS) is 15.3. The second-order valence-electron chi connectivity index (χ2n) is 11.0. The lowest BCUT2D eigenvalue weighted by atomic mass is 10.0. The van der Waals surface area contributed by atoms with Crippen molar-refractivity contribution in [3.8, 4) is 11.3 Å². The number of hydrogen-bond acceptors (Lipinski definition) is 8. The van der Waals surface area contributed by atoms with Gasteiger partial charge in [0, 0.05) is 70.2 Å². The molecule has 1 aromatic carbocycles. The van der Waals surface area contributed by atoms with Crippen molar-refractivity contribution in [2.75, 3.05) is 50.5 Å². The summed E-state index contributed by atoms with van der Waals surface area (Å²) in [6.07, 6.45) is 1.86. The lowest BCUT2D eigenvalue weighted by Gasteiger charge is -2.42. The highest BCUT2D eigenvalue weighted by Crippen LogP contribution is 2.26. The Hall–Kier alpha value is -3.56. The van der Waals surface area contributed by atoms with Gasteiger partial charge in [0.1, 0.15) is 17.5 Å². The van der Waals surface area contributed by atoms with E-state index in [0.29, 0.717) is 5.95 Å². The van der Waals surface area contributed by atoms with Crippen molar-refractivity contribution >= 4 is 28.6 Å². The lowest BCUT2D eigenvalue weighted by molar-refractivity contribution is 0.0591. The van der Waals surface area contributed by atoms with Crippen LogP contribution in [0.1, 0.15) is 32.2 Å². The Bertz CT molecular complexity index is 1380. The molecule has 4 heterocycles. The van der Waals surface area contributed by atoms with Crippen LogP contribution in [0.25, 0.3) is 22.3 Å². The first kappa shape index (κ1) is 25.1. The predicted molar refractivity (Wildman–Crippen MR) is 150 cm³/mol. The van der Waals surface area contributed by atoms with Crippen LogP contribution in [0, 0.1) is 6.92 Å². The number of aryl methyl sites for hydroxylation is 1. The molecule has 0 amide bonds. The summed E-state index contributed by atoms with van der Waals surface area (Å²) in [4.78, 5) is 28.8. The summed E-state index contributed by atoms with van der Waals surface area (Å²) in [6, 6.07) is 12.4. The minimum absolute atomic E-state index is 0.232. The van der Waals surface area contributed by atoms with Gasteiger partial charge in [0.25, 0.3) is 0 Å². The molecule has 0 spiro atoms. The number of imidazole rings is 1. The van der Waals surface area contributed by atoms with Gasteiger partial charge in [-0.25, -0.2) is 19.9 Å². The van der Waals surface area contributed by atoms with E-state index in [9.17, 15) is 0 Å². The molecule has 0 unspecified atom stereocenters. The van der Waals surface area contributed by atoms with Gasteiger partial charge in [0.15, 0.2) is 0 Å². The van der Waals surface area contributed by atoms with Crippen LogP contribution in [-0.2, 0) is 6.54 Å². The zero-order valence-electron chi connectivity index (χ0n) is 22.7. The third kappa shape index (κ3) is 5.89. The Labute approximate surface area is 219 Å². The molecule has 5 rings (SSSR count). The molecule has 2 N–H and O–H groups in total. The molecule has 1 aliphatic rings. The summed E-state index contributed by atoms with van der Waals surface area (Å²) >= 11 is 0. The standard InChI is InChI=1S/C28H37N9/c1-19-30-23(17-26(31-19)35(5)6)21-7-8-22-24(16-21)33-27(32-22)34-25-15-20(9-10-29-25)18-36-11-13-37(14-12-36)28(2,3)4/h7-10,15-17H,11-14,18H2,1-6H3,(H2,29,32,33,34). The molecular formula is C28H37N9. The van der Waals surface area contributed by atoms with Crippen LogP contribution in [0.15, 0.2) is 42.6 Å². The largest absolute Gasteiger partial charge is 0.363 e. The number of hydrogen-bond donors (Lipinski definition) is 2. The maximum absolute atomic E-state index is 4.72. The minimum Gasteiger partial charge on any atom is -0.363 e. The number of fused-ring (bicyclic) bond motifs is 1. The molecule has 0 aliphatic carbocycles. The number of H-pyrrole nitrogens is 1. The molecule has 1 fully saturated rings. The fourth-order valence-corrected chi connectivity index (χ4v) is 4.75. The molecule has 0 bridgehead atoms. The Balaban J connectivity index is 1.28. The minimum atomic E-state index is 0.232. The maximum Gasteiger partial charge on any atom is 0.206 e. The monoisotopic (exact) mass is 499 g/mol. The molecule has 37 heavy (non-hydrogen) atoms. The van der Waals surface area contributed by atoms with Crippen LogP contribution in [0.3, 0.4) is 0 Å². The van der Waals surface area contributed by atoms with Crippen LogP contribution in [0.2, 0.25) is 0 Å². The van der Waals surface area contributed by atoms with Crippen molar-refractivity contribution in [3.05, 3.63) is 54.0 Å². The highest BCUT2D eigenvalue weighted by Gasteiger charge is 2.25. The van der Waals surface area contributed by atoms with Crippen LogP contribution in [0.4, 0.5) is 17.6 Å². The molecular weight excluding hydrogens is 462 g/mol. The van der Waals surface area contributed by atoms with Crippen molar-refractivity contribution in [2.45, 2.75) is 39.8 Å². The highest BCUT2D eigenvalue weighted by atomic mass is 15.3. The summed E-state index contributed by atoms with van der Waals surface area (Å²) in [5, 5.41) is 3.35. The summed E-state index contributed by atoms with van der Waals surface area (Å²) in [5.74, 6) is 3.09. The van der Waals surface area contributed by atoms with E-state index in [2.05, 4.69) is 74.0 Å². The lowest BCUT2D eigenvalue weighted by Crippen LogP contribution is -2.53. The van der Waals surface area contributed by atoms with Gasteiger partial charge < -0.3 is 15.2 Å². The van der Waals surface area contributed by atoms with Gasteiger partial charge in [-0.3, -0.25) is 9.80 Å². The Morgan fingerprint density at radius 2 is 1.76 bits per heavy atom. The number of aromatic amines is 1. The predicted octanol–water partition coefficient (Wildman–Crippen LogP) is 4.45. The zero-order chi connectivity index (χ0) is 26.2. The van der Waals surface area contributed by atoms with Crippen LogP contribution in [-0.4, -0.2) is 80.5 Å². The van der Waals surface area contributed by atoms with Crippen molar-refractivity contribution < 1.29 is 0 Å². The zero-order valence-corrected chi connectivity index (χ0v) is 22.7. The number of rotatable bonds is 6. The van der Waals surface area contributed by atoms with E-state index in [0.717, 1.165) is 72.5 Å². The van der Waals surface area contributed by atoms with E-state index in [1.165, 1.54) is 5.56 Å². The fourth-order valence-electron chi connectivity index (χ4n) is 4.75. The summed E-state index contributed by atoms with van der Waals surface area (Å²) < 4.78 is 0. The number of anilines is 3. The third-order valence-corrected chi connectivity index (χ3v) is 6.86. The van der Waals surface area contributed by atoms with E-state index >= 15 is 0 Å².